The fourth-order valence-corrected chi connectivity index (χ4v) is 2.99. The van der Waals surface area contributed by atoms with E-state index >= 15 is 0 Å². The lowest BCUT2D eigenvalue weighted by molar-refractivity contribution is -0.118. The van der Waals surface area contributed by atoms with E-state index in [-0.39, 0.29) is 5.78 Å². The molecule has 0 aliphatic rings. The van der Waals surface area contributed by atoms with E-state index < -0.39 is 11.9 Å². The van der Waals surface area contributed by atoms with Gasteiger partial charge in [-0.15, -0.1) is 0 Å². The minimum atomic E-state index is -0.590. The molecule has 1 N–H and O–H groups in total. The van der Waals surface area contributed by atoms with Crippen LogP contribution in [-0.2, 0) is 4.79 Å². The first-order valence-corrected chi connectivity index (χ1v) is 7.47. The van der Waals surface area contributed by atoms with Crippen molar-refractivity contribution in [2.24, 2.45) is 0 Å². The molecule has 3 rings (SSSR count). The number of anilines is 1. The number of likely N-dealkylation sites (N-methyl/N-ethyl adjacent to an activating group) is 1. The first-order valence-electron chi connectivity index (χ1n) is 7.09. The number of fused-ring (bicyclic) bond motifs is 1. The normalized spacial score (nSPS) is 12.3. The molecule has 1 aromatic heterocycles. The molecule has 0 spiro atoms. The lowest BCUT2D eigenvalue weighted by Crippen LogP contribution is -2.29. The Kier molecular flexibility index (Phi) is 4.05. The number of aromatic nitrogens is 2. The summed E-state index contributed by atoms with van der Waals surface area (Å²) >= 11 is 6.24. The third-order valence-corrected chi connectivity index (χ3v) is 4.21. The summed E-state index contributed by atoms with van der Waals surface area (Å²) in [5, 5.41) is 7.61. The number of ketones is 1. The van der Waals surface area contributed by atoms with Crippen LogP contribution in [0.3, 0.4) is 0 Å². The van der Waals surface area contributed by atoms with Gasteiger partial charge in [0.2, 0.25) is 0 Å². The van der Waals surface area contributed by atoms with Crippen LogP contribution >= 0.6 is 11.6 Å². The van der Waals surface area contributed by atoms with Crippen LogP contribution in [0.2, 0.25) is 5.02 Å². The minimum Gasteiger partial charge on any atom is -0.360 e. The molecule has 118 valence electrons. The van der Waals surface area contributed by atoms with E-state index in [2.05, 4.69) is 10.2 Å². The van der Waals surface area contributed by atoms with Crippen molar-refractivity contribution in [3.8, 4) is 0 Å². The molecule has 0 bridgehead atoms. The maximum Gasteiger partial charge on any atom is 0.156 e. The number of nitrogens with one attached hydrogen (secondary N) is 1. The summed E-state index contributed by atoms with van der Waals surface area (Å²) in [4.78, 5) is 13.9. The van der Waals surface area contributed by atoms with Crippen LogP contribution in [0.1, 0.15) is 18.5 Å². The van der Waals surface area contributed by atoms with Gasteiger partial charge in [-0.2, -0.15) is 5.10 Å². The Hall–Kier alpha value is -2.40. The Morgan fingerprint density at radius 1 is 1.35 bits per heavy atom. The fraction of sp³-hybridized carbons (Fsp3) is 0.176. The predicted octanol–water partition coefficient (Wildman–Crippen LogP) is 4.12. The summed E-state index contributed by atoms with van der Waals surface area (Å²) in [5.74, 6) is -0.489. The molecular formula is C17H15ClFN3O. The highest BCUT2D eigenvalue weighted by molar-refractivity contribution is 6.31. The standard InChI is InChI=1S/C17H15ClFN3O/c1-10(23)17(13-5-3-4-6-14(13)18)22(2)12-7-11-9-20-21-16(11)15(19)8-12/h3-9,17H,1-2H3,(H,20,21)/t17-/m1/s1. The van der Waals surface area contributed by atoms with E-state index in [1.165, 1.54) is 13.0 Å². The largest absolute Gasteiger partial charge is 0.360 e. The van der Waals surface area contributed by atoms with Crippen molar-refractivity contribution in [3.05, 3.63) is 59.0 Å². The quantitative estimate of drug-likeness (QED) is 0.782. The van der Waals surface area contributed by atoms with Gasteiger partial charge in [-0.3, -0.25) is 9.89 Å². The summed E-state index contributed by atoms with van der Waals surface area (Å²) in [6.07, 6.45) is 1.55. The number of H-pyrrole nitrogens is 1. The van der Waals surface area contributed by atoms with Crippen molar-refractivity contribution in [1.29, 1.82) is 0 Å². The van der Waals surface area contributed by atoms with Gasteiger partial charge in [0, 0.05) is 28.7 Å². The maximum atomic E-state index is 14.2. The number of aromatic amines is 1. The van der Waals surface area contributed by atoms with E-state index in [1.807, 2.05) is 6.07 Å². The second-order valence-electron chi connectivity index (χ2n) is 5.41. The molecule has 0 aliphatic heterocycles. The molecule has 3 aromatic rings. The maximum absolute atomic E-state index is 14.2. The predicted molar refractivity (Wildman–Crippen MR) is 89.3 cm³/mol. The van der Waals surface area contributed by atoms with E-state index in [0.717, 1.165) is 0 Å². The molecular weight excluding hydrogens is 317 g/mol. The average Bonchev–Trinajstić information content (AvgIpc) is 2.98. The zero-order valence-electron chi connectivity index (χ0n) is 12.7. The number of Topliss-reactive ketones (excluding diaryl/α,β-unsaturated/α-hetero) is 1. The fourth-order valence-electron chi connectivity index (χ4n) is 2.75. The Morgan fingerprint density at radius 2 is 2.09 bits per heavy atom. The van der Waals surface area contributed by atoms with Gasteiger partial charge in [-0.1, -0.05) is 29.8 Å². The van der Waals surface area contributed by atoms with Crippen LogP contribution < -0.4 is 4.90 Å². The second-order valence-corrected chi connectivity index (χ2v) is 5.81. The third-order valence-electron chi connectivity index (χ3n) is 3.86. The van der Waals surface area contributed by atoms with Gasteiger partial charge in [0.15, 0.2) is 11.6 Å². The van der Waals surface area contributed by atoms with E-state index in [0.29, 0.717) is 27.2 Å². The van der Waals surface area contributed by atoms with Crippen molar-refractivity contribution in [2.45, 2.75) is 13.0 Å². The zero-order chi connectivity index (χ0) is 16.6. The lowest BCUT2D eigenvalue weighted by Gasteiger charge is -2.29. The number of carbonyl (C=O) groups excluding carboxylic acids is 1. The van der Waals surface area contributed by atoms with Crippen molar-refractivity contribution in [2.75, 3.05) is 11.9 Å². The smallest absolute Gasteiger partial charge is 0.156 e. The number of rotatable bonds is 4. The van der Waals surface area contributed by atoms with E-state index in [1.54, 1.807) is 42.4 Å². The average molecular weight is 332 g/mol. The number of halogens is 2. The highest BCUT2D eigenvalue weighted by Gasteiger charge is 2.25. The Bertz CT molecular complexity index is 877. The molecule has 23 heavy (non-hydrogen) atoms. The second kappa shape index (κ2) is 6.01. The SMILES string of the molecule is CC(=O)[C@H](c1ccccc1Cl)N(C)c1cc(F)c2[nH]ncc2c1. The van der Waals surface area contributed by atoms with Crippen molar-refractivity contribution < 1.29 is 9.18 Å². The van der Waals surface area contributed by atoms with Crippen LogP contribution in [-0.4, -0.2) is 23.0 Å². The zero-order valence-corrected chi connectivity index (χ0v) is 13.4. The Morgan fingerprint density at radius 3 is 2.78 bits per heavy atom. The van der Waals surface area contributed by atoms with Gasteiger partial charge in [0.1, 0.15) is 11.6 Å². The highest BCUT2D eigenvalue weighted by atomic mass is 35.5. The topological polar surface area (TPSA) is 49.0 Å². The lowest BCUT2D eigenvalue weighted by atomic mass is 10.0. The summed E-state index contributed by atoms with van der Waals surface area (Å²) < 4.78 is 14.2. The van der Waals surface area contributed by atoms with Gasteiger partial charge >= 0.3 is 0 Å². The van der Waals surface area contributed by atoms with Crippen LogP contribution in [0.5, 0.6) is 0 Å². The summed E-state index contributed by atoms with van der Waals surface area (Å²) in [7, 11) is 1.75. The first-order chi connectivity index (χ1) is 11.0. The molecule has 0 unspecified atom stereocenters. The molecule has 0 radical (unpaired) electrons. The summed E-state index contributed by atoms with van der Waals surface area (Å²) in [6.45, 7) is 1.50. The molecule has 1 atom stereocenters. The summed E-state index contributed by atoms with van der Waals surface area (Å²) in [5.41, 5.74) is 1.62. The molecule has 6 heteroatoms. The van der Waals surface area contributed by atoms with Gasteiger partial charge < -0.3 is 4.90 Å². The molecule has 1 heterocycles. The van der Waals surface area contributed by atoms with Crippen LogP contribution in [0.15, 0.2) is 42.6 Å². The number of carbonyl (C=O) groups is 1. The molecule has 4 nitrogen and oxygen atoms in total. The molecule has 0 aliphatic carbocycles. The monoisotopic (exact) mass is 331 g/mol. The molecule has 0 fully saturated rings. The third kappa shape index (κ3) is 2.80. The number of nitrogens with zero attached hydrogens (tertiary/aromatic N) is 2. The van der Waals surface area contributed by atoms with E-state index in [9.17, 15) is 9.18 Å². The van der Waals surface area contributed by atoms with Crippen molar-refractivity contribution >= 4 is 34.0 Å². The van der Waals surface area contributed by atoms with Crippen molar-refractivity contribution in [1.82, 2.24) is 10.2 Å². The molecule has 0 saturated carbocycles. The molecule has 0 amide bonds. The molecule has 2 aromatic carbocycles. The van der Waals surface area contributed by atoms with Gasteiger partial charge in [-0.05, 0) is 25.1 Å². The van der Waals surface area contributed by atoms with Crippen LogP contribution in [0, 0.1) is 5.82 Å². The Balaban J connectivity index is 2.08. The van der Waals surface area contributed by atoms with Gasteiger partial charge in [-0.25, -0.2) is 4.39 Å². The molecule has 0 saturated heterocycles. The van der Waals surface area contributed by atoms with Gasteiger partial charge in [0.25, 0.3) is 0 Å². The van der Waals surface area contributed by atoms with Crippen molar-refractivity contribution in [3.63, 3.8) is 0 Å². The first kappa shape index (κ1) is 15.5. The summed E-state index contributed by atoms with van der Waals surface area (Å²) in [6, 6.07) is 9.75. The minimum absolute atomic E-state index is 0.0756. The van der Waals surface area contributed by atoms with E-state index in [4.69, 9.17) is 11.6 Å². The highest BCUT2D eigenvalue weighted by Crippen LogP contribution is 2.33. The number of benzene rings is 2. The van der Waals surface area contributed by atoms with Crippen LogP contribution in [0.4, 0.5) is 10.1 Å². The Labute approximate surface area is 137 Å². The number of hydrogen-bond donors (Lipinski definition) is 1. The van der Waals surface area contributed by atoms with Crippen LogP contribution in [0.25, 0.3) is 10.9 Å². The number of hydrogen-bond acceptors (Lipinski definition) is 3. The van der Waals surface area contributed by atoms with Gasteiger partial charge in [0.05, 0.1) is 6.20 Å².